The fraction of sp³-hybridized carbons (Fsp3) is 0.286. The van der Waals surface area contributed by atoms with E-state index in [4.69, 9.17) is 5.11 Å². The number of carbonyl (C=O) groups is 1. The number of benzene rings is 1. The summed E-state index contributed by atoms with van der Waals surface area (Å²) in [5, 5.41) is 12.8. The third kappa shape index (κ3) is 2.77. The van der Waals surface area contributed by atoms with E-state index in [0.717, 1.165) is 23.0 Å². The van der Waals surface area contributed by atoms with Crippen molar-refractivity contribution in [1.29, 1.82) is 0 Å². The van der Waals surface area contributed by atoms with Crippen LogP contribution in [-0.4, -0.2) is 22.6 Å². The molecule has 0 aliphatic rings. The van der Waals surface area contributed by atoms with Crippen molar-refractivity contribution in [2.75, 3.05) is 11.9 Å². The van der Waals surface area contributed by atoms with Gasteiger partial charge in [-0.3, -0.25) is 9.78 Å². The highest BCUT2D eigenvalue weighted by Gasteiger charge is 2.03. The van der Waals surface area contributed by atoms with E-state index < -0.39 is 5.97 Å². The van der Waals surface area contributed by atoms with E-state index >= 15 is 0 Å². The standard InChI is InChI=1S/C14H16N2O2/c1-2-10-3-4-12-11(9-10)13(5-7-15-12)16-8-6-14(17)18/h3-5,7,9H,2,6,8H2,1H3,(H,15,16)(H,17,18). The Labute approximate surface area is 106 Å². The lowest BCUT2D eigenvalue weighted by atomic mass is 10.1. The molecule has 0 saturated heterocycles. The van der Waals surface area contributed by atoms with Gasteiger partial charge in [-0.1, -0.05) is 13.0 Å². The van der Waals surface area contributed by atoms with Crippen LogP contribution in [0.3, 0.4) is 0 Å². The van der Waals surface area contributed by atoms with Crippen LogP contribution in [0.25, 0.3) is 10.9 Å². The molecule has 0 aliphatic carbocycles. The lowest BCUT2D eigenvalue weighted by Crippen LogP contribution is -2.07. The molecule has 0 amide bonds. The Kier molecular flexibility index (Phi) is 3.77. The summed E-state index contributed by atoms with van der Waals surface area (Å²) in [5.74, 6) is -0.796. The molecule has 1 aromatic carbocycles. The Morgan fingerprint density at radius 2 is 2.22 bits per heavy atom. The van der Waals surface area contributed by atoms with Crippen LogP contribution >= 0.6 is 0 Å². The largest absolute Gasteiger partial charge is 0.481 e. The van der Waals surface area contributed by atoms with Crippen molar-refractivity contribution in [1.82, 2.24) is 4.98 Å². The Hall–Kier alpha value is -2.10. The van der Waals surface area contributed by atoms with Gasteiger partial charge in [-0.25, -0.2) is 0 Å². The number of nitrogens with one attached hydrogen (secondary N) is 1. The topological polar surface area (TPSA) is 62.2 Å². The number of pyridine rings is 1. The van der Waals surface area contributed by atoms with E-state index in [1.807, 2.05) is 12.1 Å². The second kappa shape index (κ2) is 5.49. The number of aryl methyl sites for hydroxylation is 1. The van der Waals surface area contributed by atoms with Crippen LogP contribution in [0.1, 0.15) is 18.9 Å². The molecule has 0 aliphatic heterocycles. The maximum absolute atomic E-state index is 10.5. The maximum atomic E-state index is 10.5. The average Bonchev–Trinajstić information content (AvgIpc) is 2.38. The molecule has 0 radical (unpaired) electrons. The number of aromatic nitrogens is 1. The van der Waals surface area contributed by atoms with Crippen molar-refractivity contribution in [2.45, 2.75) is 19.8 Å². The van der Waals surface area contributed by atoms with E-state index in [-0.39, 0.29) is 6.42 Å². The molecule has 2 aromatic rings. The molecule has 4 heteroatoms. The zero-order chi connectivity index (χ0) is 13.0. The van der Waals surface area contributed by atoms with Gasteiger partial charge in [0, 0.05) is 23.8 Å². The van der Waals surface area contributed by atoms with Crippen molar-refractivity contribution in [3.8, 4) is 0 Å². The smallest absolute Gasteiger partial charge is 0.305 e. The third-order valence-corrected chi connectivity index (χ3v) is 2.87. The second-order valence-corrected chi connectivity index (χ2v) is 4.13. The summed E-state index contributed by atoms with van der Waals surface area (Å²) >= 11 is 0. The summed E-state index contributed by atoms with van der Waals surface area (Å²) in [6.45, 7) is 2.53. The van der Waals surface area contributed by atoms with E-state index in [0.29, 0.717) is 6.54 Å². The molecule has 0 unspecified atom stereocenters. The summed E-state index contributed by atoms with van der Waals surface area (Å²) in [6.07, 6.45) is 2.81. The van der Waals surface area contributed by atoms with Gasteiger partial charge in [0.1, 0.15) is 0 Å². The van der Waals surface area contributed by atoms with E-state index in [2.05, 4.69) is 29.4 Å². The molecule has 0 bridgehead atoms. The van der Waals surface area contributed by atoms with Gasteiger partial charge in [0.15, 0.2) is 0 Å². The lowest BCUT2D eigenvalue weighted by molar-refractivity contribution is -0.136. The zero-order valence-corrected chi connectivity index (χ0v) is 10.3. The summed E-state index contributed by atoms with van der Waals surface area (Å²) < 4.78 is 0. The highest BCUT2D eigenvalue weighted by molar-refractivity contribution is 5.91. The van der Waals surface area contributed by atoms with Gasteiger partial charge in [-0.15, -0.1) is 0 Å². The zero-order valence-electron chi connectivity index (χ0n) is 10.3. The number of fused-ring (bicyclic) bond motifs is 1. The van der Waals surface area contributed by atoms with Crippen LogP contribution in [0.4, 0.5) is 5.69 Å². The van der Waals surface area contributed by atoms with Gasteiger partial charge in [-0.2, -0.15) is 0 Å². The summed E-state index contributed by atoms with van der Waals surface area (Å²) in [4.78, 5) is 14.8. The minimum atomic E-state index is -0.796. The Morgan fingerprint density at radius 1 is 1.39 bits per heavy atom. The molecular weight excluding hydrogens is 228 g/mol. The molecule has 0 saturated carbocycles. The SMILES string of the molecule is CCc1ccc2nccc(NCCC(=O)O)c2c1. The van der Waals surface area contributed by atoms with Crippen molar-refractivity contribution in [3.05, 3.63) is 36.0 Å². The van der Waals surface area contributed by atoms with Gasteiger partial charge in [0.05, 0.1) is 11.9 Å². The van der Waals surface area contributed by atoms with Gasteiger partial charge in [-0.05, 0) is 30.2 Å². The third-order valence-electron chi connectivity index (χ3n) is 2.87. The molecule has 1 aromatic heterocycles. The first-order chi connectivity index (χ1) is 8.70. The van der Waals surface area contributed by atoms with Crippen LogP contribution in [0.2, 0.25) is 0 Å². The summed E-state index contributed by atoms with van der Waals surface area (Å²) in [6, 6.07) is 8.04. The average molecular weight is 244 g/mol. The Morgan fingerprint density at radius 3 is 2.94 bits per heavy atom. The number of hydrogen-bond acceptors (Lipinski definition) is 3. The molecule has 0 atom stereocenters. The molecule has 4 nitrogen and oxygen atoms in total. The Bertz CT molecular complexity index is 567. The molecule has 0 fully saturated rings. The number of carboxylic acids is 1. The van der Waals surface area contributed by atoms with E-state index in [1.165, 1.54) is 5.56 Å². The number of rotatable bonds is 5. The number of aliphatic carboxylic acids is 1. The van der Waals surface area contributed by atoms with Crippen LogP contribution in [0.5, 0.6) is 0 Å². The molecule has 2 N–H and O–H groups in total. The predicted octanol–water partition coefficient (Wildman–Crippen LogP) is 2.68. The van der Waals surface area contributed by atoms with Gasteiger partial charge in [0.25, 0.3) is 0 Å². The Balaban J connectivity index is 2.28. The van der Waals surface area contributed by atoms with Gasteiger partial charge in [0.2, 0.25) is 0 Å². The predicted molar refractivity (Wildman–Crippen MR) is 71.9 cm³/mol. The molecule has 18 heavy (non-hydrogen) atoms. The number of anilines is 1. The van der Waals surface area contributed by atoms with Crippen molar-refractivity contribution < 1.29 is 9.90 Å². The molecule has 94 valence electrons. The lowest BCUT2D eigenvalue weighted by Gasteiger charge is -2.09. The molecule has 0 spiro atoms. The quantitative estimate of drug-likeness (QED) is 0.848. The fourth-order valence-corrected chi connectivity index (χ4v) is 1.87. The van der Waals surface area contributed by atoms with Crippen LogP contribution in [-0.2, 0) is 11.2 Å². The van der Waals surface area contributed by atoms with Crippen molar-refractivity contribution in [3.63, 3.8) is 0 Å². The van der Waals surface area contributed by atoms with Crippen LogP contribution in [0.15, 0.2) is 30.5 Å². The van der Waals surface area contributed by atoms with E-state index in [9.17, 15) is 4.79 Å². The maximum Gasteiger partial charge on any atom is 0.305 e. The van der Waals surface area contributed by atoms with Crippen molar-refractivity contribution in [2.24, 2.45) is 0 Å². The van der Waals surface area contributed by atoms with Gasteiger partial charge >= 0.3 is 5.97 Å². The first-order valence-corrected chi connectivity index (χ1v) is 6.04. The molecule has 2 rings (SSSR count). The fourth-order valence-electron chi connectivity index (χ4n) is 1.87. The molecular formula is C14H16N2O2. The van der Waals surface area contributed by atoms with Crippen molar-refractivity contribution >= 4 is 22.6 Å². The highest BCUT2D eigenvalue weighted by atomic mass is 16.4. The van der Waals surface area contributed by atoms with Crippen LogP contribution in [0, 0.1) is 0 Å². The number of nitrogens with zero attached hydrogens (tertiary/aromatic N) is 1. The first kappa shape index (κ1) is 12.4. The second-order valence-electron chi connectivity index (χ2n) is 4.13. The number of carboxylic acid groups (broad SMARTS) is 1. The number of hydrogen-bond donors (Lipinski definition) is 2. The highest BCUT2D eigenvalue weighted by Crippen LogP contribution is 2.22. The normalized spacial score (nSPS) is 10.5. The molecule has 1 heterocycles. The minimum absolute atomic E-state index is 0.108. The van der Waals surface area contributed by atoms with E-state index in [1.54, 1.807) is 6.20 Å². The monoisotopic (exact) mass is 244 g/mol. The van der Waals surface area contributed by atoms with Crippen LogP contribution < -0.4 is 5.32 Å². The summed E-state index contributed by atoms with van der Waals surface area (Å²) in [5.41, 5.74) is 3.11. The minimum Gasteiger partial charge on any atom is -0.481 e. The van der Waals surface area contributed by atoms with Gasteiger partial charge < -0.3 is 10.4 Å². The first-order valence-electron chi connectivity index (χ1n) is 6.04. The summed E-state index contributed by atoms with van der Waals surface area (Å²) in [7, 11) is 0.